The highest BCUT2D eigenvalue weighted by atomic mass is 35.5. The quantitative estimate of drug-likeness (QED) is 0.563. The van der Waals surface area contributed by atoms with Gasteiger partial charge in [-0.3, -0.25) is 9.59 Å². The number of rotatable bonds is 6. The Labute approximate surface area is 179 Å². The highest BCUT2D eigenvalue weighted by Crippen LogP contribution is 2.32. The number of fused-ring (bicyclic) bond motifs is 1. The van der Waals surface area contributed by atoms with Crippen LogP contribution in [0.2, 0.25) is 5.02 Å². The number of benzene rings is 2. The van der Waals surface area contributed by atoms with Gasteiger partial charge in [0.2, 0.25) is 5.82 Å². The molecule has 0 bridgehead atoms. The summed E-state index contributed by atoms with van der Waals surface area (Å²) in [7, 11) is 1.39. The van der Waals surface area contributed by atoms with Gasteiger partial charge in [-0.25, -0.2) is 4.98 Å². The number of nitrogens with zero attached hydrogens (tertiary/aromatic N) is 2. The number of aryl methyl sites for hydroxylation is 1. The van der Waals surface area contributed by atoms with E-state index >= 15 is 0 Å². The lowest BCUT2D eigenvalue weighted by Gasteiger charge is -2.13. The molecule has 1 N–H and O–H groups in total. The number of amides is 1. The molecule has 1 heterocycles. The third-order valence-electron chi connectivity index (χ3n) is 4.31. The lowest BCUT2D eigenvalue weighted by atomic mass is 10.2. The third kappa shape index (κ3) is 5.08. The Kier molecular flexibility index (Phi) is 6.40. The molecule has 7 nitrogen and oxygen atoms in total. The minimum atomic E-state index is -4.76. The monoisotopic (exact) mass is 455 g/mol. The highest BCUT2D eigenvalue weighted by molar-refractivity contribution is 6.31. The molecule has 1 aromatic heterocycles. The van der Waals surface area contributed by atoms with Crippen LogP contribution >= 0.6 is 11.6 Å². The fraction of sp³-hybridized carbons (Fsp3) is 0.250. The van der Waals surface area contributed by atoms with Gasteiger partial charge < -0.3 is 19.4 Å². The van der Waals surface area contributed by atoms with Gasteiger partial charge >= 0.3 is 12.1 Å². The Morgan fingerprint density at radius 3 is 2.61 bits per heavy atom. The predicted octanol–water partition coefficient (Wildman–Crippen LogP) is 4.21. The van der Waals surface area contributed by atoms with E-state index in [1.165, 1.54) is 37.4 Å². The molecule has 0 atom stereocenters. The van der Waals surface area contributed by atoms with Gasteiger partial charge in [0.1, 0.15) is 12.3 Å². The van der Waals surface area contributed by atoms with Crippen LogP contribution in [0.3, 0.4) is 0 Å². The Morgan fingerprint density at radius 2 is 1.94 bits per heavy atom. The van der Waals surface area contributed by atoms with Crippen LogP contribution in [-0.2, 0) is 27.0 Å². The SMILES string of the molecule is COc1cc(Cl)c(C)cc1NC(=O)COC(=O)Cn1c(C(F)(F)F)nc2ccccc21. The minimum Gasteiger partial charge on any atom is -0.495 e. The van der Waals surface area contributed by atoms with Crippen molar-refractivity contribution in [3.8, 4) is 5.75 Å². The molecule has 3 aromatic rings. The number of halogens is 4. The number of esters is 1. The number of aromatic nitrogens is 2. The molecule has 31 heavy (non-hydrogen) atoms. The number of hydrogen-bond acceptors (Lipinski definition) is 5. The molecule has 0 aliphatic carbocycles. The van der Waals surface area contributed by atoms with E-state index < -0.39 is 37.0 Å². The average Bonchev–Trinajstić information content (AvgIpc) is 3.08. The van der Waals surface area contributed by atoms with Gasteiger partial charge in [0.05, 0.1) is 23.8 Å². The van der Waals surface area contributed by atoms with Crippen LogP contribution in [0.25, 0.3) is 11.0 Å². The first-order valence-electron chi connectivity index (χ1n) is 8.92. The van der Waals surface area contributed by atoms with Gasteiger partial charge in [-0.15, -0.1) is 0 Å². The number of carbonyl (C=O) groups excluding carboxylic acids is 2. The molecule has 0 spiro atoms. The van der Waals surface area contributed by atoms with Crippen molar-refractivity contribution in [3.63, 3.8) is 0 Å². The van der Waals surface area contributed by atoms with Crippen LogP contribution in [0, 0.1) is 6.92 Å². The molecule has 0 radical (unpaired) electrons. The Morgan fingerprint density at radius 1 is 1.23 bits per heavy atom. The number of methoxy groups -OCH3 is 1. The highest BCUT2D eigenvalue weighted by Gasteiger charge is 2.38. The number of para-hydroxylation sites is 2. The van der Waals surface area contributed by atoms with E-state index in [2.05, 4.69) is 10.3 Å². The molecule has 0 fully saturated rings. The smallest absolute Gasteiger partial charge is 0.449 e. The van der Waals surface area contributed by atoms with Crippen molar-refractivity contribution in [1.82, 2.24) is 9.55 Å². The Bertz CT molecular complexity index is 1140. The van der Waals surface area contributed by atoms with Gasteiger partial charge in [0.25, 0.3) is 5.91 Å². The fourth-order valence-electron chi connectivity index (χ4n) is 2.89. The summed E-state index contributed by atoms with van der Waals surface area (Å²) in [5.41, 5.74) is 1.20. The lowest BCUT2D eigenvalue weighted by molar-refractivity contribution is -0.152. The van der Waals surface area contributed by atoms with Crippen molar-refractivity contribution in [2.45, 2.75) is 19.6 Å². The normalized spacial score (nSPS) is 11.4. The third-order valence-corrected chi connectivity index (χ3v) is 4.72. The van der Waals surface area contributed by atoms with Gasteiger partial charge in [-0.2, -0.15) is 13.2 Å². The standard InChI is InChI=1S/C20H17ClF3N3O4/c1-11-7-14(16(30-2)8-12(11)21)25-17(28)10-31-18(29)9-27-15-6-4-3-5-13(15)26-19(27)20(22,23)24/h3-8H,9-10H2,1-2H3,(H,25,28). The van der Waals surface area contributed by atoms with E-state index in [0.717, 1.165) is 0 Å². The predicted molar refractivity (Wildman–Crippen MR) is 107 cm³/mol. The number of imidazole rings is 1. The molecule has 0 saturated heterocycles. The Hall–Kier alpha value is -3.27. The minimum absolute atomic E-state index is 0.0885. The largest absolute Gasteiger partial charge is 0.495 e. The summed E-state index contributed by atoms with van der Waals surface area (Å²) in [5, 5.41) is 2.95. The van der Waals surface area contributed by atoms with E-state index in [0.29, 0.717) is 26.6 Å². The molecule has 0 aliphatic rings. The first-order valence-corrected chi connectivity index (χ1v) is 9.30. The van der Waals surface area contributed by atoms with Crippen molar-refractivity contribution in [3.05, 3.63) is 52.8 Å². The second-order valence-corrected chi connectivity index (χ2v) is 6.93. The number of hydrogen-bond donors (Lipinski definition) is 1. The lowest BCUT2D eigenvalue weighted by Crippen LogP contribution is -2.25. The zero-order valence-electron chi connectivity index (χ0n) is 16.4. The maximum Gasteiger partial charge on any atom is 0.449 e. The summed E-state index contributed by atoms with van der Waals surface area (Å²) in [4.78, 5) is 27.8. The van der Waals surface area contributed by atoms with Crippen LogP contribution in [-0.4, -0.2) is 35.1 Å². The molecule has 0 unspecified atom stereocenters. The molecule has 164 valence electrons. The second-order valence-electron chi connectivity index (χ2n) is 6.52. The summed E-state index contributed by atoms with van der Waals surface area (Å²) >= 11 is 6.01. The van der Waals surface area contributed by atoms with E-state index in [1.807, 2.05) is 0 Å². The molecule has 3 rings (SSSR count). The number of nitrogens with one attached hydrogen (secondary N) is 1. The molecule has 0 saturated carbocycles. The summed E-state index contributed by atoms with van der Waals surface area (Å²) in [6.45, 7) is 0.273. The van der Waals surface area contributed by atoms with Crippen LogP contribution in [0.5, 0.6) is 5.75 Å². The van der Waals surface area contributed by atoms with E-state index in [4.69, 9.17) is 21.1 Å². The number of anilines is 1. The van der Waals surface area contributed by atoms with Gasteiger partial charge in [0, 0.05) is 11.1 Å². The zero-order valence-corrected chi connectivity index (χ0v) is 17.2. The molecular formula is C20H17ClF3N3O4. The van der Waals surface area contributed by atoms with Crippen molar-refractivity contribution in [2.24, 2.45) is 0 Å². The summed E-state index contributed by atoms with van der Waals surface area (Å²) in [6, 6.07) is 8.97. The summed E-state index contributed by atoms with van der Waals surface area (Å²) in [5.74, 6) is -2.64. The van der Waals surface area contributed by atoms with Gasteiger partial charge in [0.15, 0.2) is 6.61 Å². The molecule has 1 amide bonds. The van der Waals surface area contributed by atoms with E-state index in [-0.39, 0.29) is 11.0 Å². The summed E-state index contributed by atoms with van der Waals surface area (Å²) < 4.78 is 50.6. The van der Waals surface area contributed by atoms with Crippen molar-refractivity contribution in [2.75, 3.05) is 19.0 Å². The number of ether oxygens (including phenoxy) is 2. The van der Waals surface area contributed by atoms with Crippen LogP contribution < -0.4 is 10.1 Å². The Balaban J connectivity index is 1.69. The topological polar surface area (TPSA) is 82.5 Å². The van der Waals surface area contributed by atoms with Crippen LogP contribution in [0.1, 0.15) is 11.4 Å². The zero-order chi connectivity index (χ0) is 22.8. The summed E-state index contributed by atoms with van der Waals surface area (Å²) in [6.07, 6.45) is -4.76. The molecule has 0 aliphatic heterocycles. The van der Waals surface area contributed by atoms with Crippen LogP contribution in [0.15, 0.2) is 36.4 Å². The molecule has 11 heteroatoms. The number of alkyl halides is 3. The molecule has 2 aromatic carbocycles. The van der Waals surface area contributed by atoms with E-state index in [9.17, 15) is 22.8 Å². The molecular weight excluding hydrogens is 439 g/mol. The first kappa shape index (κ1) is 22.4. The first-order chi connectivity index (χ1) is 14.6. The van der Waals surface area contributed by atoms with E-state index in [1.54, 1.807) is 13.0 Å². The second kappa shape index (κ2) is 8.84. The average molecular weight is 456 g/mol. The van der Waals surface area contributed by atoms with Gasteiger partial charge in [-0.1, -0.05) is 23.7 Å². The van der Waals surface area contributed by atoms with Crippen molar-refractivity contribution >= 4 is 40.2 Å². The van der Waals surface area contributed by atoms with Crippen molar-refractivity contribution < 1.29 is 32.2 Å². The van der Waals surface area contributed by atoms with Crippen LogP contribution in [0.4, 0.5) is 18.9 Å². The fourth-order valence-corrected chi connectivity index (χ4v) is 3.04. The number of carbonyl (C=O) groups is 2. The maximum absolute atomic E-state index is 13.3. The van der Waals surface area contributed by atoms with Crippen molar-refractivity contribution in [1.29, 1.82) is 0 Å². The van der Waals surface area contributed by atoms with Gasteiger partial charge in [-0.05, 0) is 30.7 Å². The maximum atomic E-state index is 13.3.